The molecule has 0 amide bonds. The van der Waals surface area contributed by atoms with E-state index in [1.54, 1.807) is 18.0 Å². The van der Waals surface area contributed by atoms with Gasteiger partial charge < -0.3 is 9.84 Å². The summed E-state index contributed by atoms with van der Waals surface area (Å²) in [5.74, 6) is 0.740. The number of hydrogen-bond acceptors (Lipinski definition) is 3. The molecule has 0 aliphatic carbocycles. The van der Waals surface area contributed by atoms with Crippen LogP contribution in [0.25, 0.3) is 0 Å². The topological polar surface area (TPSA) is 47.3 Å². The summed E-state index contributed by atoms with van der Waals surface area (Å²) in [4.78, 5) is 0. The van der Waals surface area contributed by atoms with Crippen LogP contribution in [0.15, 0.2) is 36.7 Å². The fourth-order valence-electron chi connectivity index (χ4n) is 1.70. The van der Waals surface area contributed by atoms with Crippen molar-refractivity contribution in [3.8, 4) is 5.75 Å². The van der Waals surface area contributed by atoms with Gasteiger partial charge in [0.1, 0.15) is 11.9 Å². The van der Waals surface area contributed by atoms with Gasteiger partial charge in [-0.15, -0.1) is 0 Å². The molecule has 0 saturated carbocycles. The van der Waals surface area contributed by atoms with Crippen LogP contribution in [-0.4, -0.2) is 22.0 Å². The Balaban J connectivity index is 2.26. The van der Waals surface area contributed by atoms with Crippen molar-refractivity contribution in [1.29, 1.82) is 0 Å². The molecule has 4 nitrogen and oxygen atoms in total. The molecule has 4 heteroatoms. The summed E-state index contributed by atoms with van der Waals surface area (Å²) < 4.78 is 6.93. The van der Waals surface area contributed by atoms with E-state index in [1.165, 1.54) is 0 Å². The highest BCUT2D eigenvalue weighted by Gasteiger charge is 2.12. The molecule has 2 rings (SSSR count). The average molecular weight is 232 g/mol. The normalized spacial score (nSPS) is 12.4. The van der Waals surface area contributed by atoms with Crippen molar-refractivity contribution in [3.63, 3.8) is 0 Å². The molecule has 0 radical (unpaired) electrons. The Bertz CT molecular complexity index is 494. The molecule has 1 atom stereocenters. The molecule has 1 unspecified atom stereocenters. The largest absolute Gasteiger partial charge is 0.497 e. The van der Waals surface area contributed by atoms with Gasteiger partial charge in [0.25, 0.3) is 0 Å². The Morgan fingerprint density at radius 3 is 2.88 bits per heavy atom. The SMILES string of the molecule is CCn1cc(C(O)c2cccc(OC)c2)cn1. The maximum atomic E-state index is 10.2. The first-order chi connectivity index (χ1) is 8.24. The van der Waals surface area contributed by atoms with E-state index in [0.29, 0.717) is 0 Å². The molecule has 17 heavy (non-hydrogen) atoms. The number of nitrogens with zero attached hydrogens (tertiary/aromatic N) is 2. The highest BCUT2D eigenvalue weighted by Crippen LogP contribution is 2.24. The summed E-state index contributed by atoms with van der Waals surface area (Å²) in [6, 6.07) is 7.41. The number of rotatable bonds is 4. The number of aliphatic hydroxyl groups excluding tert-OH is 1. The van der Waals surface area contributed by atoms with Crippen molar-refractivity contribution in [3.05, 3.63) is 47.8 Å². The average Bonchev–Trinajstić information content (AvgIpc) is 2.86. The second-order valence-electron chi connectivity index (χ2n) is 3.81. The van der Waals surface area contributed by atoms with Gasteiger partial charge in [0.2, 0.25) is 0 Å². The Hall–Kier alpha value is -1.81. The van der Waals surface area contributed by atoms with Crippen LogP contribution in [-0.2, 0) is 6.54 Å². The minimum Gasteiger partial charge on any atom is -0.497 e. The molecule has 0 aliphatic heterocycles. The Morgan fingerprint density at radius 1 is 1.41 bits per heavy atom. The lowest BCUT2D eigenvalue weighted by Gasteiger charge is -2.10. The van der Waals surface area contributed by atoms with Gasteiger partial charge >= 0.3 is 0 Å². The van der Waals surface area contributed by atoms with Crippen LogP contribution in [0.3, 0.4) is 0 Å². The van der Waals surface area contributed by atoms with E-state index >= 15 is 0 Å². The molecule has 1 heterocycles. The smallest absolute Gasteiger partial charge is 0.119 e. The molecule has 90 valence electrons. The van der Waals surface area contributed by atoms with Crippen LogP contribution < -0.4 is 4.74 Å². The van der Waals surface area contributed by atoms with Crippen LogP contribution in [0, 0.1) is 0 Å². The molecule has 0 bridgehead atoms. The summed E-state index contributed by atoms with van der Waals surface area (Å²) >= 11 is 0. The van der Waals surface area contributed by atoms with Gasteiger partial charge in [-0.1, -0.05) is 12.1 Å². The third-order valence-corrected chi connectivity index (χ3v) is 2.70. The highest BCUT2D eigenvalue weighted by atomic mass is 16.5. The first kappa shape index (κ1) is 11.7. The molecular weight excluding hydrogens is 216 g/mol. The van der Waals surface area contributed by atoms with Crippen LogP contribution in [0.1, 0.15) is 24.2 Å². The van der Waals surface area contributed by atoms with E-state index in [0.717, 1.165) is 23.4 Å². The summed E-state index contributed by atoms with van der Waals surface area (Å²) in [7, 11) is 1.61. The minimum absolute atomic E-state index is 0.662. The fourth-order valence-corrected chi connectivity index (χ4v) is 1.70. The zero-order chi connectivity index (χ0) is 12.3. The number of aromatic nitrogens is 2. The molecule has 2 aromatic rings. The molecule has 0 spiro atoms. The van der Waals surface area contributed by atoms with Crippen LogP contribution in [0.2, 0.25) is 0 Å². The number of benzene rings is 1. The van der Waals surface area contributed by atoms with Gasteiger partial charge in [-0.25, -0.2) is 0 Å². The Morgan fingerprint density at radius 2 is 2.24 bits per heavy atom. The monoisotopic (exact) mass is 232 g/mol. The van der Waals surface area contributed by atoms with Gasteiger partial charge in [0.15, 0.2) is 0 Å². The zero-order valence-corrected chi connectivity index (χ0v) is 10.00. The summed E-state index contributed by atoms with van der Waals surface area (Å²) in [6.45, 7) is 2.81. The summed E-state index contributed by atoms with van der Waals surface area (Å²) in [6.07, 6.45) is 2.88. The van der Waals surface area contributed by atoms with E-state index in [-0.39, 0.29) is 0 Å². The lowest BCUT2D eigenvalue weighted by Crippen LogP contribution is -1.99. The molecule has 0 fully saturated rings. The minimum atomic E-state index is -0.662. The summed E-state index contributed by atoms with van der Waals surface area (Å²) in [5.41, 5.74) is 1.60. The van der Waals surface area contributed by atoms with E-state index in [9.17, 15) is 5.11 Å². The van der Waals surface area contributed by atoms with E-state index in [1.807, 2.05) is 37.4 Å². The number of aliphatic hydroxyl groups is 1. The fraction of sp³-hybridized carbons (Fsp3) is 0.308. The third kappa shape index (κ3) is 2.47. The van der Waals surface area contributed by atoms with Gasteiger partial charge in [-0.2, -0.15) is 5.10 Å². The molecule has 1 aromatic carbocycles. The Kier molecular flexibility index (Phi) is 3.44. The standard InChI is InChI=1S/C13H16N2O2/c1-3-15-9-11(8-14-15)13(16)10-5-4-6-12(7-10)17-2/h4-9,13,16H,3H2,1-2H3. The predicted molar refractivity (Wildman–Crippen MR) is 65.0 cm³/mol. The van der Waals surface area contributed by atoms with Crippen molar-refractivity contribution in [1.82, 2.24) is 9.78 Å². The van der Waals surface area contributed by atoms with Crippen molar-refractivity contribution >= 4 is 0 Å². The van der Waals surface area contributed by atoms with Crippen molar-refractivity contribution < 1.29 is 9.84 Å². The highest BCUT2D eigenvalue weighted by molar-refractivity contribution is 5.33. The van der Waals surface area contributed by atoms with Crippen molar-refractivity contribution in [2.24, 2.45) is 0 Å². The van der Waals surface area contributed by atoms with E-state index < -0.39 is 6.10 Å². The first-order valence-electron chi connectivity index (χ1n) is 5.59. The molecule has 0 aliphatic rings. The van der Waals surface area contributed by atoms with E-state index in [2.05, 4.69) is 5.10 Å². The van der Waals surface area contributed by atoms with Gasteiger partial charge in [-0.05, 0) is 24.6 Å². The first-order valence-corrected chi connectivity index (χ1v) is 5.59. The quantitative estimate of drug-likeness (QED) is 0.877. The molecular formula is C13H16N2O2. The van der Waals surface area contributed by atoms with Crippen molar-refractivity contribution in [2.45, 2.75) is 19.6 Å². The van der Waals surface area contributed by atoms with Crippen molar-refractivity contribution in [2.75, 3.05) is 7.11 Å². The number of methoxy groups -OCH3 is 1. The maximum Gasteiger partial charge on any atom is 0.119 e. The van der Waals surface area contributed by atoms with Crippen LogP contribution >= 0.6 is 0 Å². The van der Waals surface area contributed by atoms with Crippen LogP contribution in [0.5, 0.6) is 5.75 Å². The van der Waals surface area contributed by atoms with Crippen LogP contribution in [0.4, 0.5) is 0 Å². The second-order valence-corrected chi connectivity index (χ2v) is 3.81. The Labute approximate surface area is 100 Å². The molecule has 1 aromatic heterocycles. The molecule has 1 N–H and O–H groups in total. The second kappa shape index (κ2) is 5.01. The lowest BCUT2D eigenvalue weighted by atomic mass is 10.0. The van der Waals surface area contributed by atoms with Gasteiger partial charge in [0, 0.05) is 18.3 Å². The summed E-state index contributed by atoms with van der Waals surface area (Å²) in [5, 5.41) is 14.4. The zero-order valence-electron chi connectivity index (χ0n) is 10.00. The lowest BCUT2D eigenvalue weighted by molar-refractivity contribution is 0.219. The number of aryl methyl sites for hydroxylation is 1. The van der Waals surface area contributed by atoms with Gasteiger partial charge in [-0.3, -0.25) is 4.68 Å². The number of hydrogen-bond donors (Lipinski definition) is 1. The number of ether oxygens (including phenoxy) is 1. The van der Waals surface area contributed by atoms with E-state index in [4.69, 9.17) is 4.74 Å². The predicted octanol–water partition coefficient (Wildman–Crippen LogP) is 1.99. The maximum absolute atomic E-state index is 10.2. The molecule has 0 saturated heterocycles. The van der Waals surface area contributed by atoms with Gasteiger partial charge in [0.05, 0.1) is 13.3 Å². The third-order valence-electron chi connectivity index (χ3n) is 2.70.